The average molecular weight is 482 g/mol. The van der Waals surface area contributed by atoms with Crippen LogP contribution in [0.15, 0.2) is 35.2 Å². The van der Waals surface area contributed by atoms with Crippen LogP contribution in [0.25, 0.3) is 0 Å². The van der Waals surface area contributed by atoms with Crippen LogP contribution in [-0.2, 0) is 14.8 Å². The summed E-state index contributed by atoms with van der Waals surface area (Å²) in [7, 11) is -3.89. The number of rotatable bonds is 5. The number of benzene rings is 2. The van der Waals surface area contributed by atoms with E-state index < -0.39 is 45.0 Å². The molecule has 1 fully saturated rings. The summed E-state index contributed by atoms with van der Waals surface area (Å²) in [6, 6.07) is 5.79. The van der Waals surface area contributed by atoms with E-state index in [1.165, 1.54) is 22.5 Å². The van der Waals surface area contributed by atoms with Gasteiger partial charge in [-0.05, 0) is 43.2 Å². The molecule has 0 atom stereocenters. The molecule has 3 rings (SSSR count). The number of halogens is 5. The van der Waals surface area contributed by atoms with Crippen molar-refractivity contribution >= 4 is 44.8 Å². The predicted molar refractivity (Wildman–Crippen MR) is 106 cm³/mol. The molecule has 0 unspecified atom stereocenters. The summed E-state index contributed by atoms with van der Waals surface area (Å²) < 4.78 is 66.6. The zero-order chi connectivity index (χ0) is 22.1. The van der Waals surface area contributed by atoms with Crippen LogP contribution in [0.2, 0.25) is 10.0 Å². The maximum atomic E-state index is 13.6. The van der Waals surface area contributed by atoms with Gasteiger partial charge in [0.2, 0.25) is 15.9 Å². The summed E-state index contributed by atoms with van der Waals surface area (Å²) in [4.78, 5) is 12.2. The minimum absolute atomic E-state index is 0.0389. The largest absolute Gasteiger partial charge is 0.296 e. The predicted octanol–water partition coefficient (Wildman–Crippen LogP) is 3.95. The Morgan fingerprint density at radius 3 is 2.37 bits per heavy atom. The molecule has 6 nitrogen and oxygen atoms in total. The summed E-state index contributed by atoms with van der Waals surface area (Å²) in [5, 5.41) is 0.264. The number of hydrazine groups is 1. The number of amides is 1. The highest BCUT2D eigenvalue weighted by atomic mass is 35.5. The normalized spacial score (nSPS) is 15.8. The fourth-order valence-corrected chi connectivity index (χ4v) is 5.23. The van der Waals surface area contributed by atoms with Crippen molar-refractivity contribution in [1.82, 2.24) is 9.73 Å². The number of sulfonamides is 1. The maximum Gasteiger partial charge on any atom is 0.244 e. The van der Waals surface area contributed by atoms with E-state index in [0.29, 0.717) is 0 Å². The van der Waals surface area contributed by atoms with Crippen LogP contribution in [0.3, 0.4) is 0 Å². The summed E-state index contributed by atoms with van der Waals surface area (Å²) >= 11 is 11.9. The van der Waals surface area contributed by atoms with Crippen LogP contribution in [0.5, 0.6) is 0 Å². The first kappa shape index (κ1) is 22.7. The van der Waals surface area contributed by atoms with Gasteiger partial charge in [0.1, 0.15) is 4.90 Å². The quantitative estimate of drug-likeness (QED) is 0.500. The van der Waals surface area contributed by atoms with Crippen molar-refractivity contribution in [2.45, 2.75) is 17.7 Å². The monoisotopic (exact) mass is 481 g/mol. The van der Waals surface area contributed by atoms with Gasteiger partial charge in [-0.15, -0.1) is 0 Å². The van der Waals surface area contributed by atoms with E-state index >= 15 is 0 Å². The summed E-state index contributed by atoms with van der Waals surface area (Å²) in [5.41, 5.74) is 4.01. The first-order valence-corrected chi connectivity index (χ1v) is 11.0. The Hall–Kier alpha value is -2.01. The van der Waals surface area contributed by atoms with Crippen molar-refractivity contribution in [1.29, 1.82) is 0 Å². The lowest BCUT2D eigenvalue weighted by Crippen LogP contribution is -2.44. The second kappa shape index (κ2) is 9.01. The molecule has 0 spiro atoms. The van der Waals surface area contributed by atoms with Gasteiger partial charge >= 0.3 is 0 Å². The molecule has 0 saturated carbocycles. The average Bonchev–Trinajstić information content (AvgIpc) is 2.73. The van der Waals surface area contributed by atoms with Gasteiger partial charge < -0.3 is 0 Å². The number of carbonyl (C=O) groups is 1. The van der Waals surface area contributed by atoms with E-state index in [1.54, 1.807) is 0 Å². The second-order valence-corrected chi connectivity index (χ2v) is 9.34. The van der Waals surface area contributed by atoms with Crippen molar-refractivity contribution in [3.05, 3.63) is 57.8 Å². The topological polar surface area (TPSA) is 78.5 Å². The lowest BCUT2D eigenvalue weighted by molar-refractivity contribution is -0.125. The van der Waals surface area contributed by atoms with E-state index in [9.17, 15) is 26.4 Å². The van der Waals surface area contributed by atoms with Gasteiger partial charge in [0, 0.05) is 24.0 Å². The van der Waals surface area contributed by atoms with Crippen LogP contribution < -0.4 is 10.9 Å². The Balaban J connectivity index is 1.60. The molecule has 0 aromatic heterocycles. The smallest absolute Gasteiger partial charge is 0.244 e. The molecule has 12 heteroatoms. The van der Waals surface area contributed by atoms with Crippen molar-refractivity contribution in [3.63, 3.8) is 0 Å². The van der Waals surface area contributed by atoms with Crippen molar-refractivity contribution in [2.75, 3.05) is 18.5 Å². The number of carbonyl (C=O) groups excluding carboxylic acids is 1. The number of nitrogens with one attached hydrogen (secondary N) is 2. The van der Waals surface area contributed by atoms with Gasteiger partial charge in [0.25, 0.3) is 0 Å². The molecule has 0 aliphatic carbocycles. The molecular formula is C18H16Cl2F3N3O3S. The standard InChI is InChI=1S/C18H16Cl2F3N3O3S/c19-11-1-2-12(20)15(9-11)30(28,29)26-7-5-10(6-8-26)18(27)25-24-14-4-3-13(21)16(22)17(14)23/h1-4,9-10,24H,5-8H2,(H,25,27). The third kappa shape index (κ3) is 4.66. The Bertz CT molecular complexity index is 1080. The van der Waals surface area contributed by atoms with Crippen molar-refractivity contribution < 1.29 is 26.4 Å². The number of hydrogen-bond donors (Lipinski definition) is 2. The third-order valence-electron chi connectivity index (χ3n) is 4.69. The number of nitrogens with zero attached hydrogens (tertiary/aromatic N) is 1. The zero-order valence-electron chi connectivity index (χ0n) is 15.3. The van der Waals surface area contributed by atoms with E-state index in [0.717, 1.165) is 12.1 Å². The van der Waals surface area contributed by atoms with E-state index in [-0.39, 0.29) is 40.9 Å². The van der Waals surface area contributed by atoms with Gasteiger partial charge in [0.15, 0.2) is 17.5 Å². The Morgan fingerprint density at radius 1 is 1.03 bits per heavy atom. The van der Waals surface area contributed by atoms with Crippen LogP contribution in [-0.4, -0.2) is 31.7 Å². The molecule has 162 valence electrons. The summed E-state index contributed by atoms with van der Waals surface area (Å²) in [5.74, 6) is -5.57. The van der Waals surface area contributed by atoms with E-state index in [2.05, 4.69) is 10.9 Å². The summed E-state index contributed by atoms with van der Waals surface area (Å²) in [6.07, 6.45) is 0.399. The van der Waals surface area contributed by atoms with Gasteiger partial charge in [-0.3, -0.25) is 15.6 Å². The van der Waals surface area contributed by atoms with Gasteiger partial charge in [-0.1, -0.05) is 23.2 Å². The van der Waals surface area contributed by atoms with Gasteiger partial charge in [-0.2, -0.15) is 4.31 Å². The molecule has 2 aromatic rings. The van der Waals surface area contributed by atoms with Gasteiger partial charge in [-0.25, -0.2) is 21.6 Å². The Labute approximate surface area is 181 Å². The first-order chi connectivity index (χ1) is 14.1. The molecule has 2 N–H and O–H groups in total. The van der Waals surface area contributed by atoms with E-state index in [4.69, 9.17) is 23.2 Å². The minimum Gasteiger partial charge on any atom is -0.296 e. The van der Waals surface area contributed by atoms with Crippen molar-refractivity contribution in [3.8, 4) is 0 Å². The molecule has 2 aromatic carbocycles. The fraction of sp³-hybridized carbons (Fsp3) is 0.278. The molecule has 1 saturated heterocycles. The third-order valence-corrected chi connectivity index (χ3v) is 7.31. The van der Waals surface area contributed by atoms with Crippen molar-refractivity contribution in [2.24, 2.45) is 5.92 Å². The lowest BCUT2D eigenvalue weighted by Gasteiger charge is -2.30. The Kier molecular flexibility index (Phi) is 6.81. The SMILES string of the molecule is O=C(NNc1ccc(F)c(F)c1F)C1CCN(S(=O)(=O)c2cc(Cl)ccc2Cl)CC1. The molecular weight excluding hydrogens is 466 g/mol. The van der Waals surface area contributed by atoms with Crippen LogP contribution in [0, 0.1) is 23.4 Å². The van der Waals surface area contributed by atoms with Crippen LogP contribution in [0.1, 0.15) is 12.8 Å². The number of hydrogen-bond acceptors (Lipinski definition) is 4. The molecule has 0 radical (unpaired) electrons. The molecule has 1 aliphatic rings. The molecule has 1 amide bonds. The van der Waals surface area contributed by atoms with Crippen LogP contribution >= 0.6 is 23.2 Å². The molecule has 1 aliphatic heterocycles. The highest BCUT2D eigenvalue weighted by molar-refractivity contribution is 7.89. The van der Waals surface area contributed by atoms with E-state index in [1.807, 2.05) is 0 Å². The maximum absolute atomic E-state index is 13.6. The first-order valence-electron chi connectivity index (χ1n) is 8.76. The highest BCUT2D eigenvalue weighted by Crippen LogP contribution is 2.30. The number of anilines is 1. The molecule has 0 bridgehead atoms. The highest BCUT2D eigenvalue weighted by Gasteiger charge is 2.33. The van der Waals surface area contributed by atoms with Crippen LogP contribution in [0.4, 0.5) is 18.9 Å². The second-order valence-electron chi connectivity index (χ2n) is 6.59. The summed E-state index contributed by atoms with van der Waals surface area (Å²) in [6.45, 7) is 0.117. The zero-order valence-corrected chi connectivity index (χ0v) is 17.6. The molecule has 30 heavy (non-hydrogen) atoms. The Morgan fingerprint density at radius 2 is 1.70 bits per heavy atom. The van der Waals surface area contributed by atoms with Gasteiger partial charge in [0.05, 0.1) is 10.7 Å². The fourth-order valence-electron chi connectivity index (χ4n) is 3.03. The minimum atomic E-state index is -3.89. The number of piperidine rings is 1. The molecule has 1 heterocycles. The lowest BCUT2D eigenvalue weighted by atomic mass is 9.98.